The van der Waals surface area contributed by atoms with Crippen LogP contribution in [0.4, 0.5) is 11.4 Å². The third-order valence-electron chi connectivity index (χ3n) is 5.95. The summed E-state index contributed by atoms with van der Waals surface area (Å²) in [7, 11) is 3.97. The van der Waals surface area contributed by atoms with Crippen LogP contribution >= 0.6 is 0 Å². The second-order valence-electron chi connectivity index (χ2n) is 8.14. The SMILES string of the molecule is Cc1ccc(N2C(N)=C(C#N)[C@H](c3ccc(N(C)C)cc3)C3=C2CCCC3=O)cc1. The number of hydrogen-bond acceptors (Lipinski definition) is 5. The predicted octanol–water partition coefficient (Wildman–Crippen LogP) is 4.37. The molecule has 4 rings (SSSR count). The zero-order valence-corrected chi connectivity index (χ0v) is 17.6. The summed E-state index contributed by atoms with van der Waals surface area (Å²) in [6.45, 7) is 2.03. The standard InChI is InChI=1S/C25H26N4O/c1-16-7-11-19(12-8-16)29-21-5-4-6-22(30)24(21)23(20(15-26)25(29)27)17-9-13-18(14-10-17)28(2)3/h7-14,23H,4-6,27H2,1-3H3/t23-/m0/s1. The third-order valence-corrected chi connectivity index (χ3v) is 5.95. The van der Waals surface area contributed by atoms with Crippen molar-refractivity contribution in [1.29, 1.82) is 5.26 Å². The third kappa shape index (κ3) is 3.25. The van der Waals surface area contributed by atoms with Crippen LogP contribution in [0.15, 0.2) is 71.2 Å². The summed E-state index contributed by atoms with van der Waals surface area (Å²) < 4.78 is 0. The summed E-state index contributed by atoms with van der Waals surface area (Å²) >= 11 is 0. The number of carbonyl (C=O) groups is 1. The monoisotopic (exact) mass is 398 g/mol. The van der Waals surface area contributed by atoms with Gasteiger partial charge in [0.1, 0.15) is 5.82 Å². The molecule has 0 unspecified atom stereocenters. The molecule has 0 spiro atoms. The van der Waals surface area contributed by atoms with Crippen molar-refractivity contribution in [2.75, 3.05) is 23.9 Å². The van der Waals surface area contributed by atoms with Crippen molar-refractivity contribution in [3.8, 4) is 6.07 Å². The van der Waals surface area contributed by atoms with Gasteiger partial charge in [-0.05, 0) is 49.6 Å². The van der Waals surface area contributed by atoms with E-state index < -0.39 is 5.92 Å². The van der Waals surface area contributed by atoms with E-state index in [0.29, 0.717) is 23.4 Å². The molecule has 2 aromatic rings. The number of aryl methyl sites for hydroxylation is 1. The number of hydrogen-bond donors (Lipinski definition) is 1. The van der Waals surface area contributed by atoms with Crippen LogP contribution in [0.1, 0.15) is 36.3 Å². The first kappa shape index (κ1) is 19.8. The van der Waals surface area contributed by atoms with Crippen LogP contribution in [0.2, 0.25) is 0 Å². The Hall–Kier alpha value is -3.52. The minimum atomic E-state index is -0.421. The maximum absolute atomic E-state index is 13.1. The van der Waals surface area contributed by atoms with Gasteiger partial charge in [-0.3, -0.25) is 9.69 Å². The molecule has 1 atom stereocenters. The van der Waals surface area contributed by atoms with Crippen molar-refractivity contribution in [3.63, 3.8) is 0 Å². The minimum absolute atomic E-state index is 0.107. The zero-order chi connectivity index (χ0) is 21.4. The Morgan fingerprint density at radius 3 is 2.33 bits per heavy atom. The van der Waals surface area contributed by atoms with Gasteiger partial charge in [-0.1, -0.05) is 29.8 Å². The van der Waals surface area contributed by atoms with Gasteiger partial charge in [0.05, 0.1) is 17.6 Å². The first-order valence-corrected chi connectivity index (χ1v) is 10.2. The average molecular weight is 399 g/mol. The largest absolute Gasteiger partial charge is 0.384 e. The van der Waals surface area contributed by atoms with Gasteiger partial charge in [0.25, 0.3) is 0 Å². The van der Waals surface area contributed by atoms with Gasteiger partial charge < -0.3 is 10.6 Å². The molecule has 5 nitrogen and oxygen atoms in total. The molecule has 0 amide bonds. The summed E-state index contributed by atoms with van der Waals surface area (Å²) in [5.74, 6) is 0.0995. The summed E-state index contributed by atoms with van der Waals surface area (Å²) in [6, 6.07) is 18.4. The summed E-state index contributed by atoms with van der Waals surface area (Å²) in [5.41, 5.74) is 12.7. The van der Waals surface area contributed by atoms with E-state index in [0.717, 1.165) is 41.0 Å². The lowest BCUT2D eigenvalue weighted by molar-refractivity contribution is -0.116. The molecule has 1 aliphatic heterocycles. The summed E-state index contributed by atoms with van der Waals surface area (Å²) in [5, 5.41) is 10.1. The number of allylic oxidation sites excluding steroid dienone is 3. The number of nitrogens with two attached hydrogens (primary N) is 1. The topological polar surface area (TPSA) is 73.4 Å². The molecule has 152 valence electrons. The van der Waals surface area contributed by atoms with Crippen molar-refractivity contribution in [2.45, 2.75) is 32.1 Å². The molecular weight excluding hydrogens is 372 g/mol. The van der Waals surface area contributed by atoms with Crippen molar-refractivity contribution >= 4 is 17.2 Å². The van der Waals surface area contributed by atoms with E-state index in [4.69, 9.17) is 5.73 Å². The highest BCUT2D eigenvalue weighted by Gasteiger charge is 2.40. The fourth-order valence-corrected chi connectivity index (χ4v) is 4.37. The van der Waals surface area contributed by atoms with E-state index in [1.165, 1.54) is 0 Å². The first-order valence-electron chi connectivity index (χ1n) is 10.2. The lowest BCUT2D eigenvalue weighted by Crippen LogP contribution is -2.38. The molecule has 0 radical (unpaired) electrons. The molecule has 1 aliphatic carbocycles. The van der Waals surface area contributed by atoms with Crippen LogP contribution in [-0.4, -0.2) is 19.9 Å². The fraction of sp³-hybridized carbons (Fsp3) is 0.280. The quantitative estimate of drug-likeness (QED) is 0.831. The molecule has 0 bridgehead atoms. The van der Waals surface area contributed by atoms with Crippen LogP contribution in [0.25, 0.3) is 0 Å². The Morgan fingerprint density at radius 2 is 1.73 bits per heavy atom. The van der Waals surface area contributed by atoms with Crippen LogP contribution < -0.4 is 15.5 Å². The van der Waals surface area contributed by atoms with Gasteiger partial charge in [0.15, 0.2) is 5.78 Å². The Morgan fingerprint density at radius 1 is 1.07 bits per heavy atom. The maximum Gasteiger partial charge on any atom is 0.161 e. The van der Waals surface area contributed by atoms with E-state index in [2.05, 4.69) is 6.07 Å². The Kier molecular flexibility index (Phi) is 5.09. The van der Waals surface area contributed by atoms with Gasteiger partial charge in [-0.15, -0.1) is 0 Å². The molecule has 2 aliphatic rings. The number of anilines is 2. The number of Topliss-reactive ketones (excluding diaryl/α,β-unsaturated/α-hetero) is 1. The van der Waals surface area contributed by atoms with Crippen LogP contribution in [0, 0.1) is 18.3 Å². The highest BCUT2D eigenvalue weighted by Crippen LogP contribution is 2.46. The Bertz CT molecular complexity index is 1090. The molecule has 0 saturated heterocycles. The van der Waals surface area contributed by atoms with Crippen LogP contribution in [-0.2, 0) is 4.79 Å². The van der Waals surface area contributed by atoms with Gasteiger partial charge in [0, 0.05) is 43.2 Å². The average Bonchev–Trinajstić information content (AvgIpc) is 2.74. The van der Waals surface area contributed by atoms with Gasteiger partial charge in [-0.25, -0.2) is 0 Å². The normalized spacial score (nSPS) is 18.9. The molecule has 0 saturated carbocycles. The smallest absolute Gasteiger partial charge is 0.161 e. The van der Waals surface area contributed by atoms with E-state index in [9.17, 15) is 10.1 Å². The van der Waals surface area contributed by atoms with Gasteiger partial charge >= 0.3 is 0 Å². The van der Waals surface area contributed by atoms with E-state index in [1.54, 1.807) is 0 Å². The fourth-order valence-electron chi connectivity index (χ4n) is 4.37. The van der Waals surface area contributed by atoms with Crippen LogP contribution in [0.5, 0.6) is 0 Å². The second-order valence-corrected chi connectivity index (χ2v) is 8.14. The molecular formula is C25H26N4O. The van der Waals surface area contributed by atoms with E-state index in [-0.39, 0.29) is 5.78 Å². The number of nitrogens with zero attached hydrogens (tertiary/aromatic N) is 3. The molecule has 2 N–H and O–H groups in total. The van der Waals surface area contributed by atoms with Crippen LogP contribution in [0.3, 0.4) is 0 Å². The Labute approximate surface area is 177 Å². The molecule has 2 aromatic carbocycles. The summed E-state index contributed by atoms with van der Waals surface area (Å²) in [6.07, 6.45) is 2.06. The summed E-state index contributed by atoms with van der Waals surface area (Å²) in [4.78, 5) is 17.1. The van der Waals surface area contributed by atoms with Crippen molar-refractivity contribution in [3.05, 3.63) is 82.3 Å². The van der Waals surface area contributed by atoms with Gasteiger partial charge in [-0.2, -0.15) is 5.26 Å². The van der Waals surface area contributed by atoms with Crippen molar-refractivity contribution in [1.82, 2.24) is 0 Å². The van der Waals surface area contributed by atoms with E-state index >= 15 is 0 Å². The Balaban J connectivity index is 1.91. The maximum atomic E-state index is 13.1. The lowest BCUT2D eigenvalue weighted by Gasteiger charge is -2.39. The van der Waals surface area contributed by atoms with Crippen molar-refractivity contribution < 1.29 is 4.79 Å². The first-order chi connectivity index (χ1) is 14.4. The zero-order valence-electron chi connectivity index (χ0n) is 17.6. The number of nitriles is 1. The van der Waals surface area contributed by atoms with E-state index in [1.807, 2.05) is 79.3 Å². The number of rotatable bonds is 3. The van der Waals surface area contributed by atoms with Crippen molar-refractivity contribution in [2.24, 2.45) is 5.73 Å². The molecule has 0 aromatic heterocycles. The van der Waals surface area contributed by atoms with Gasteiger partial charge in [0.2, 0.25) is 0 Å². The highest BCUT2D eigenvalue weighted by atomic mass is 16.1. The molecule has 5 heteroatoms. The molecule has 30 heavy (non-hydrogen) atoms. The lowest BCUT2D eigenvalue weighted by atomic mass is 9.75. The highest BCUT2D eigenvalue weighted by molar-refractivity contribution is 6.01. The molecule has 0 fully saturated rings. The second kappa shape index (κ2) is 7.72. The minimum Gasteiger partial charge on any atom is -0.384 e. The predicted molar refractivity (Wildman–Crippen MR) is 120 cm³/mol. The molecule has 1 heterocycles. The number of benzene rings is 2. The number of carbonyl (C=O) groups excluding carboxylic acids is 1. The number of ketones is 1.